The predicted octanol–water partition coefficient (Wildman–Crippen LogP) is 3.41. The second-order valence-corrected chi connectivity index (χ2v) is 9.17. The second-order valence-electron chi connectivity index (χ2n) is 9.17. The summed E-state index contributed by atoms with van der Waals surface area (Å²) < 4.78 is 7.61. The molecule has 1 fully saturated rings. The maximum Gasteiger partial charge on any atom is 0.261 e. The number of fused-ring (bicyclic) bond motifs is 2. The van der Waals surface area contributed by atoms with Crippen molar-refractivity contribution >= 4 is 34.7 Å². The van der Waals surface area contributed by atoms with Gasteiger partial charge in [0.2, 0.25) is 5.95 Å². The predicted molar refractivity (Wildman–Crippen MR) is 136 cm³/mol. The van der Waals surface area contributed by atoms with Crippen LogP contribution in [0.4, 0.5) is 5.95 Å². The molecular weight excluding hydrogens is 458 g/mol. The zero-order chi connectivity index (χ0) is 25.2. The highest BCUT2D eigenvalue weighted by atomic mass is 16.5. The molecule has 1 atom stereocenters. The highest BCUT2D eigenvalue weighted by Crippen LogP contribution is 2.27. The van der Waals surface area contributed by atoms with Gasteiger partial charge in [-0.2, -0.15) is 0 Å². The van der Waals surface area contributed by atoms with E-state index in [1.54, 1.807) is 12.1 Å². The number of imide groups is 1. The molecule has 3 amide bonds. The second kappa shape index (κ2) is 10.2. The van der Waals surface area contributed by atoms with E-state index in [9.17, 15) is 14.4 Å². The number of nitrogens with zero attached hydrogens (tertiary/aromatic N) is 4. The molecule has 0 spiro atoms. The van der Waals surface area contributed by atoms with E-state index < -0.39 is 0 Å². The van der Waals surface area contributed by atoms with Gasteiger partial charge in [-0.05, 0) is 56.3 Å². The zero-order valence-electron chi connectivity index (χ0n) is 20.7. The summed E-state index contributed by atoms with van der Waals surface area (Å²) in [4.78, 5) is 47.2. The molecule has 1 aromatic heterocycles. The maximum absolute atomic E-state index is 13.2. The minimum atomic E-state index is -0.383. The Balaban J connectivity index is 1.37. The molecule has 0 bridgehead atoms. The summed E-state index contributed by atoms with van der Waals surface area (Å²) in [5.74, 6) is -0.645. The first-order valence-corrected chi connectivity index (χ1v) is 12.6. The summed E-state index contributed by atoms with van der Waals surface area (Å²) >= 11 is 0. The van der Waals surface area contributed by atoms with Crippen LogP contribution in [0.2, 0.25) is 0 Å². The third-order valence-corrected chi connectivity index (χ3v) is 7.06. The normalized spacial score (nSPS) is 17.4. The number of nitrogens with one attached hydrogen (secondary N) is 1. The van der Waals surface area contributed by atoms with Gasteiger partial charge in [0.25, 0.3) is 17.7 Å². The van der Waals surface area contributed by atoms with Gasteiger partial charge in [-0.15, -0.1) is 0 Å². The summed E-state index contributed by atoms with van der Waals surface area (Å²) in [7, 11) is 0. The molecule has 2 aliphatic rings. The Morgan fingerprint density at radius 2 is 1.89 bits per heavy atom. The van der Waals surface area contributed by atoms with Gasteiger partial charge in [0, 0.05) is 25.3 Å². The highest BCUT2D eigenvalue weighted by molar-refractivity contribution is 6.22. The van der Waals surface area contributed by atoms with Crippen molar-refractivity contribution in [3.8, 4) is 0 Å². The maximum atomic E-state index is 13.2. The first-order valence-electron chi connectivity index (χ1n) is 12.6. The van der Waals surface area contributed by atoms with Gasteiger partial charge in [0.15, 0.2) is 0 Å². The lowest BCUT2D eigenvalue weighted by atomic mass is 10.1. The Morgan fingerprint density at radius 3 is 2.64 bits per heavy atom. The van der Waals surface area contributed by atoms with E-state index in [2.05, 4.69) is 29.0 Å². The quantitative estimate of drug-likeness (QED) is 0.463. The monoisotopic (exact) mass is 489 g/mol. The molecule has 0 aliphatic carbocycles. The number of aromatic nitrogens is 2. The van der Waals surface area contributed by atoms with Crippen LogP contribution < -0.4 is 5.32 Å². The summed E-state index contributed by atoms with van der Waals surface area (Å²) in [5.41, 5.74) is 2.62. The number of likely N-dealkylation sites (N-methyl/N-ethyl adjacent to an activating group) is 1. The van der Waals surface area contributed by atoms with E-state index in [-0.39, 0.29) is 35.9 Å². The number of hydrogen-bond acceptors (Lipinski definition) is 6. The van der Waals surface area contributed by atoms with Crippen molar-refractivity contribution in [2.45, 2.75) is 39.3 Å². The third-order valence-electron chi connectivity index (χ3n) is 7.06. The molecule has 3 heterocycles. The molecule has 5 rings (SSSR count). The van der Waals surface area contributed by atoms with Crippen LogP contribution in [0.15, 0.2) is 42.5 Å². The Labute approximate surface area is 210 Å². The molecule has 0 saturated carbocycles. The Bertz CT molecular complexity index is 1310. The van der Waals surface area contributed by atoms with Crippen molar-refractivity contribution in [3.05, 3.63) is 59.2 Å². The number of anilines is 1. The molecule has 9 heteroatoms. The number of hydrogen-bond donors (Lipinski definition) is 1. The van der Waals surface area contributed by atoms with Gasteiger partial charge in [-0.1, -0.05) is 26.0 Å². The smallest absolute Gasteiger partial charge is 0.261 e. The molecular formula is C27H31N5O4. The van der Waals surface area contributed by atoms with Crippen LogP contribution in [0.5, 0.6) is 0 Å². The van der Waals surface area contributed by atoms with Crippen LogP contribution in [0, 0.1) is 0 Å². The molecule has 0 radical (unpaired) electrons. The molecule has 3 aromatic rings. The number of carbonyl (C=O) groups is 3. The molecule has 188 valence electrons. The Hall–Kier alpha value is -3.56. The number of para-hydroxylation sites is 2. The minimum Gasteiger partial charge on any atom is -0.376 e. The molecule has 2 aliphatic heterocycles. The van der Waals surface area contributed by atoms with Crippen molar-refractivity contribution in [3.63, 3.8) is 0 Å². The molecule has 1 N–H and O–H groups in total. The topological polar surface area (TPSA) is 96.8 Å². The molecule has 2 aromatic carbocycles. The van der Waals surface area contributed by atoms with E-state index in [0.717, 1.165) is 43.5 Å². The lowest BCUT2D eigenvalue weighted by Crippen LogP contribution is -2.36. The summed E-state index contributed by atoms with van der Waals surface area (Å²) in [6.45, 7) is 8.52. The van der Waals surface area contributed by atoms with Gasteiger partial charge in [-0.25, -0.2) is 4.98 Å². The van der Waals surface area contributed by atoms with Crippen molar-refractivity contribution in [2.24, 2.45) is 0 Å². The highest BCUT2D eigenvalue weighted by Gasteiger charge is 2.38. The van der Waals surface area contributed by atoms with E-state index in [0.29, 0.717) is 30.2 Å². The average molecular weight is 490 g/mol. The largest absolute Gasteiger partial charge is 0.376 e. The lowest BCUT2D eigenvalue weighted by molar-refractivity contribution is 0.0475. The van der Waals surface area contributed by atoms with Crippen LogP contribution in [-0.2, 0) is 11.3 Å². The fourth-order valence-electron chi connectivity index (χ4n) is 4.94. The SMILES string of the molecule is CCN(CC)CCn1c(NC(=O)c2ccc3c(c2)C(=O)N(C[C@@H]2CCCO2)C3=O)nc2ccccc21. The summed E-state index contributed by atoms with van der Waals surface area (Å²) in [6.07, 6.45) is 1.63. The summed E-state index contributed by atoms with van der Waals surface area (Å²) in [6, 6.07) is 12.4. The van der Waals surface area contributed by atoms with Gasteiger partial charge in [-0.3, -0.25) is 24.6 Å². The van der Waals surface area contributed by atoms with Crippen molar-refractivity contribution in [1.82, 2.24) is 19.4 Å². The first kappa shape index (κ1) is 24.1. The first-order chi connectivity index (χ1) is 17.5. The number of benzene rings is 2. The van der Waals surface area contributed by atoms with Gasteiger partial charge in [0.1, 0.15) is 0 Å². The molecule has 36 heavy (non-hydrogen) atoms. The molecule has 1 saturated heterocycles. The van der Waals surface area contributed by atoms with Crippen LogP contribution >= 0.6 is 0 Å². The van der Waals surface area contributed by atoms with Gasteiger partial charge >= 0.3 is 0 Å². The fraction of sp³-hybridized carbons (Fsp3) is 0.407. The van der Waals surface area contributed by atoms with Crippen molar-refractivity contribution < 1.29 is 19.1 Å². The minimum absolute atomic E-state index is 0.126. The lowest BCUT2D eigenvalue weighted by Gasteiger charge is -2.19. The van der Waals surface area contributed by atoms with Crippen LogP contribution in [-0.4, -0.2) is 76.0 Å². The van der Waals surface area contributed by atoms with E-state index in [1.807, 2.05) is 28.8 Å². The third kappa shape index (κ3) is 4.52. The number of imidazole rings is 1. The number of rotatable bonds is 9. The molecule has 0 unspecified atom stereocenters. The van der Waals surface area contributed by atoms with E-state index in [1.165, 1.54) is 11.0 Å². The molecule has 9 nitrogen and oxygen atoms in total. The van der Waals surface area contributed by atoms with Gasteiger partial charge < -0.3 is 14.2 Å². The van der Waals surface area contributed by atoms with Crippen LogP contribution in [0.25, 0.3) is 11.0 Å². The number of carbonyl (C=O) groups excluding carboxylic acids is 3. The van der Waals surface area contributed by atoms with Crippen LogP contribution in [0.1, 0.15) is 57.8 Å². The zero-order valence-corrected chi connectivity index (χ0v) is 20.7. The van der Waals surface area contributed by atoms with Crippen molar-refractivity contribution in [2.75, 3.05) is 38.1 Å². The number of ether oxygens (including phenoxy) is 1. The van der Waals surface area contributed by atoms with E-state index >= 15 is 0 Å². The van der Waals surface area contributed by atoms with Crippen molar-refractivity contribution in [1.29, 1.82) is 0 Å². The Kier molecular flexibility index (Phi) is 6.84. The average Bonchev–Trinajstić information content (AvgIpc) is 3.59. The standard InChI is InChI=1S/C27H31N5O4/c1-3-30(4-2)13-14-31-23-10-6-5-9-22(23)28-27(31)29-24(33)18-11-12-20-21(16-18)26(35)32(25(20)34)17-19-8-7-15-36-19/h5-6,9-12,16,19H,3-4,7-8,13-15,17H2,1-2H3,(H,28,29,33)/t19-/m0/s1. The van der Waals surface area contributed by atoms with Crippen LogP contribution in [0.3, 0.4) is 0 Å². The fourth-order valence-corrected chi connectivity index (χ4v) is 4.94. The van der Waals surface area contributed by atoms with Gasteiger partial charge in [0.05, 0.1) is 34.8 Å². The number of amides is 3. The van der Waals surface area contributed by atoms with E-state index in [4.69, 9.17) is 4.74 Å². The summed E-state index contributed by atoms with van der Waals surface area (Å²) in [5, 5.41) is 2.93. The Morgan fingerprint density at radius 1 is 1.11 bits per heavy atom.